The highest BCUT2D eigenvalue weighted by molar-refractivity contribution is 5.90. The first-order valence-corrected chi connectivity index (χ1v) is 15.0. The fourth-order valence-corrected chi connectivity index (χ4v) is 6.25. The van der Waals surface area contributed by atoms with Crippen molar-refractivity contribution in [2.45, 2.75) is 6.92 Å². The number of fused-ring (bicyclic) bond motifs is 3. The van der Waals surface area contributed by atoms with Gasteiger partial charge in [0.2, 0.25) is 0 Å². The summed E-state index contributed by atoms with van der Waals surface area (Å²) in [6.07, 6.45) is 9.34. The van der Waals surface area contributed by atoms with Crippen molar-refractivity contribution in [2.24, 2.45) is 0 Å². The minimum atomic E-state index is 1.02. The molecule has 0 fully saturated rings. The third kappa shape index (κ3) is 4.77. The lowest BCUT2D eigenvalue weighted by atomic mass is 9.97. The van der Waals surface area contributed by atoms with Gasteiger partial charge in [-0.1, -0.05) is 78.2 Å². The predicted molar refractivity (Wildman–Crippen MR) is 184 cm³/mol. The summed E-state index contributed by atoms with van der Waals surface area (Å²) < 4.78 is 2.32. The van der Waals surface area contributed by atoms with Gasteiger partial charge in [-0.3, -0.25) is 0 Å². The summed E-state index contributed by atoms with van der Waals surface area (Å²) >= 11 is 0. The van der Waals surface area contributed by atoms with Crippen LogP contribution in [-0.2, 0) is 0 Å². The molecule has 0 saturated carbocycles. The molecule has 0 bridgehead atoms. The second-order valence-corrected chi connectivity index (χ2v) is 11.1. The molecule has 0 spiro atoms. The van der Waals surface area contributed by atoms with Crippen LogP contribution in [0.1, 0.15) is 5.56 Å². The maximum atomic E-state index is 4.18. The van der Waals surface area contributed by atoms with E-state index in [1.807, 2.05) is 18.5 Å². The number of hydrogen-bond acceptors (Lipinski definition) is 3. The van der Waals surface area contributed by atoms with Crippen LogP contribution in [0.2, 0.25) is 0 Å². The van der Waals surface area contributed by atoms with Crippen molar-refractivity contribution >= 4 is 39.8 Å². The molecule has 212 valence electrons. The molecule has 2 heterocycles. The van der Waals surface area contributed by atoms with Crippen LogP contribution in [0.3, 0.4) is 0 Å². The summed E-state index contributed by atoms with van der Waals surface area (Å²) in [7, 11) is 0. The molecule has 7 aromatic rings. The first-order chi connectivity index (χ1) is 22.2. The first-order valence-electron chi connectivity index (χ1n) is 15.0. The lowest BCUT2D eigenvalue weighted by molar-refractivity contribution is 1.07. The van der Waals surface area contributed by atoms with Crippen molar-refractivity contribution in [3.8, 4) is 27.9 Å². The van der Waals surface area contributed by atoms with Crippen molar-refractivity contribution in [3.05, 3.63) is 168 Å². The minimum absolute atomic E-state index is 1.02. The lowest BCUT2D eigenvalue weighted by Crippen LogP contribution is -2.28. The van der Waals surface area contributed by atoms with Gasteiger partial charge in [0.15, 0.2) is 0 Å². The van der Waals surface area contributed by atoms with Crippen LogP contribution < -0.4 is 15.5 Å². The average molecular weight is 577 g/mol. The van der Waals surface area contributed by atoms with Crippen LogP contribution in [0.5, 0.6) is 0 Å². The average Bonchev–Trinajstić information content (AvgIpc) is 3.43. The van der Waals surface area contributed by atoms with Gasteiger partial charge in [-0.05, 0) is 95.9 Å². The van der Waals surface area contributed by atoms with E-state index < -0.39 is 0 Å². The molecule has 45 heavy (non-hydrogen) atoms. The number of nitrogens with zero attached hydrogens (tertiary/aromatic N) is 4. The van der Waals surface area contributed by atoms with E-state index in [0.717, 1.165) is 55.3 Å². The Morgan fingerprint density at radius 3 is 2.02 bits per heavy atom. The Kier molecular flexibility index (Phi) is 6.55. The molecule has 0 aliphatic heterocycles. The third-order valence-corrected chi connectivity index (χ3v) is 8.35. The summed E-state index contributed by atoms with van der Waals surface area (Å²) in [6.45, 7) is 2.14. The van der Waals surface area contributed by atoms with Gasteiger partial charge in [0, 0.05) is 46.1 Å². The first kappa shape index (κ1) is 26.4. The zero-order valence-electron chi connectivity index (χ0n) is 24.7. The molecule has 1 aliphatic carbocycles. The number of aromatic nitrogens is 3. The predicted octanol–water partition coefficient (Wildman–Crippen LogP) is 8.42. The van der Waals surface area contributed by atoms with Gasteiger partial charge >= 0.3 is 0 Å². The molecule has 0 atom stereocenters. The van der Waals surface area contributed by atoms with Crippen molar-refractivity contribution in [1.29, 1.82) is 0 Å². The topological polar surface area (TPSA) is 34.0 Å². The van der Waals surface area contributed by atoms with Gasteiger partial charge in [-0.25, -0.2) is 9.97 Å². The maximum absolute atomic E-state index is 4.18. The van der Waals surface area contributed by atoms with Gasteiger partial charge in [0.1, 0.15) is 6.33 Å². The molecule has 2 aromatic heterocycles. The van der Waals surface area contributed by atoms with E-state index in [0.29, 0.717) is 0 Å². The molecule has 0 N–H and O–H groups in total. The Bertz CT molecular complexity index is 2340. The Hall–Kier alpha value is -6.18. The zero-order valence-corrected chi connectivity index (χ0v) is 24.7. The molecule has 0 amide bonds. The number of para-hydroxylation sites is 2. The van der Waals surface area contributed by atoms with E-state index in [1.165, 1.54) is 16.7 Å². The number of rotatable bonds is 6. The van der Waals surface area contributed by atoms with Gasteiger partial charge < -0.3 is 9.47 Å². The molecule has 5 aromatic carbocycles. The minimum Gasteiger partial charge on any atom is -0.310 e. The second-order valence-electron chi connectivity index (χ2n) is 11.1. The second kappa shape index (κ2) is 11.1. The summed E-state index contributed by atoms with van der Waals surface area (Å²) in [6, 6.07) is 43.1. The van der Waals surface area contributed by atoms with E-state index in [4.69, 9.17) is 0 Å². The number of benzene rings is 5. The van der Waals surface area contributed by atoms with Crippen molar-refractivity contribution < 1.29 is 0 Å². The normalized spacial score (nSPS) is 11.6. The van der Waals surface area contributed by atoms with Crippen molar-refractivity contribution in [1.82, 2.24) is 14.5 Å². The summed E-state index contributed by atoms with van der Waals surface area (Å²) in [4.78, 5) is 10.7. The van der Waals surface area contributed by atoms with Gasteiger partial charge in [0.05, 0.1) is 16.1 Å². The molecule has 1 aliphatic rings. The van der Waals surface area contributed by atoms with Crippen LogP contribution in [0, 0.1) is 6.92 Å². The van der Waals surface area contributed by atoms with Crippen molar-refractivity contribution in [2.75, 3.05) is 4.90 Å². The molecular formula is C41H28N4. The van der Waals surface area contributed by atoms with Crippen molar-refractivity contribution in [3.63, 3.8) is 0 Å². The Labute approximate surface area is 261 Å². The molecule has 4 nitrogen and oxygen atoms in total. The summed E-state index contributed by atoms with van der Waals surface area (Å²) in [5, 5.41) is 3.29. The van der Waals surface area contributed by atoms with E-state index in [-0.39, 0.29) is 0 Å². The summed E-state index contributed by atoms with van der Waals surface area (Å²) in [5.41, 5.74) is 17.9. The molecule has 4 heteroatoms. The molecule has 8 rings (SSSR count). The third-order valence-electron chi connectivity index (χ3n) is 8.35. The molecule has 0 saturated heterocycles. The number of anilines is 3. The van der Waals surface area contributed by atoms with Gasteiger partial charge in [-0.15, -0.1) is 0 Å². The largest absolute Gasteiger partial charge is 0.310 e. The number of hydrogen-bond donors (Lipinski definition) is 0. The highest BCUT2D eigenvalue weighted by atomic mass is 15.1. The monoisotopic (exact) mass is 576 g/mol. The van der Waals surface area contributed by atoms with Gasteiger partial charge in [-0.2, -0.15) is 0 Å². The van der Waals surface area contributed by atoms with E-state index in [1.54, 1.807) is 6.33 Å². The SMILES string of the molecule is Cc1cc(-c2ccc(-n3c4c(c5cc(N(c6ccccc6)c6ccccc6)ccc53)=C=C=CC=4)cc2)ccc1-c1cncnc1. The highest BCUT2D eigenvalue weighted by Gasteiger charge is 2.16. The fourth-order valence-electron chi connectivity index (χ4n) is 6.25. The Balaban J connectivity index is 1.22. The van der Waals surface area contributed by atoms with E-state index in [2.05, 4.69) is 165 Å². The highest BCUT2D eigenvalue weighted by Crippen LogP contribution is 2.35. The smallest absolute Gasteiger partial charge is 0.115 e. The molecule has 0 radical (unpaired) electrons. The maximum Gasteiger partial charge on any atom is 0.115 e. The number of allylic oxidation sites excluding steroid dienone is 1. The standard InChI is InChI=1S/C41H28N4/c1-29-24-31(18-22-37(29)32-26-42-28-43-27-32)30-16-19-35(20-17-30)45-40-15-9-8-14-38(40)39-25-36(21-23-41(39)45)44(33-10-4-2-5-11-33)34-12-6-3-7-13-34/h2-7,9-13,15-28H,1H3. The van der Waals surface area contributed by atoms with Crippen LogP contribution in [0.4, 0.5) is 17.1 Å². The van der Waals surface area contributed by atoms with Crippen LogP contribution >= 0.6 is 0 Å². The van der Waals surface area contributed by atoms with E-state index >= 15 is 0 Å². The van der Waals surface area contributed by atoms with Gasteiger partial charge in [0.25, 0.3) is 0 Å². The quantitative estimate of drug-likeness (QED) is 0.186. The Morgan fingerprint density at radius 2 is 1.33 bits per heavy atom. The van der Waals surface area contributed by atoms with Crippen LogP contribution in [0.15, 0.2) is 152 Å². The zero-order chi connectivity index (χ0) is 30.2. The molecule has 0 unspecified atom stereocenters. The fraction of sp³-hybridized carbons (Fsp3) is 0.0244. The van der Waals surface area contributed by atoms with Crippen LogP contribution in [0.25, 0.3) is 50.7 Å². The summed E-state index contributed by atoms with van der Waals surface area (Å²) in [5.74, 6) is 0. The van der Waals surface area contributed by atoms with E-state index in [9.17, 15) is 0 Å². The Morgan fingerprint density at radius 1 is 0.644 bits per heavy atom. The molecular weight excluding hydrogens is 548 g/mol. The lowest BCUT2D eigenvalue weighted by Gasteiger charge is -2.25. The van der Waals surface area contributed by atoms with Crippen LogP contribution in [-0.4, -0.2) is 14.5 Å². The number of aryl methyl sites for hydroxylation is 1.